The first kappa shape index (κ1) is 12.2. The Labute approximate surface area is 94.6 Å². The van der Waals surface area contributed by atoms with Gasteiger partial charge in [-0.15, -0.1) is 5.10 Å². The molecule has 0 saturated carbocycles. The van der Waals surface area contributed by atoms with Crippen LogP contribution < -0.4 is 5.73 Å². The van der Waals surface area contributed by atoms with Crippen LogP contribution in [0.25, 0.3) is 0 Å². The highest BCUT2D eigenvalue weighted by Crippen LogP contribution is 2.23. The first-order valence-corrected chi connectivity index (χ1v) is 5.27. The second kappa shape index (κ2) is 4.76. The predicted octanol–water partition coefficient (Wildman–Crippen LogP) is 1.59. The molecule has 1 aromatic heterocycles. The van der Waals surface area contributed by atoms with Gasteiger partial charge in [0.25, 0.3) is 0 Å². The van der Waals surface area contributed by atoms with Crippen LogP contribution in [0.2, 0.25) is 0 Å². The largest absolute Gasteiger partial charge is 0.385 e. The van der Waals surface area contributed by atoms with Crippen LogP contribution in [0.3, 0.4) is 0 Å². The number of nitrogens with two attached hydrogens (primary N) is 1. The standard InChI is InChI=1S/C9H18N4OS/c1-9(2,4-5-14-3)6-13-7(10)11-12-8(13)15/h4-6H2,1-3H3,(H2,10,11)(H,12,15). The molecule has 5 nitrogen and oxygen atoms in total. The third-order valence-electron chi connectivity index (χ3n) is 2.36. The molecule has 3 N–H and O–H groups in total. The summed E-state index contributed by atoms with van der Waals surface area (Å²) in [6.45, 7) is 5.79. The van der Waals surface area contributed by atoms with Crippen LogP contribution in [0.15, 0.2) is 0 Å². The van der Waals surface area contributed by atoms with Crippen molar-refractivity contribution in [3.63, 3.8) is 0 Å². The van der Waals surface area contributed by atoms with E-state index in [9.17, 15) is 0 Å². The number of rotatable bonds is 5. The molecule has 0 aliphatic rings. The van der Waals surface area contributed by atoms with Crippen LogP contribution in [-0.2, 0) is 11.3 Å². The summed E-state index contributed by atoms with van der Waals surface area (Å²) >= 11 is 5.09. The van der Waals surface area contributed by atoms with Gasteiger partial charge in [0.15, 0.2) is 4.77 Å². The maximum atomic E-state index is 5.70. The minimum Gasteiger partial charge on any atom is -0.385 e. The number of methoxy groups -OCH3 is 1. The number of hydrogen-bond donors (Lipinski definition) is 2. The maximum absolute atomic E-state index is 5.70. The molecule has 0 atom stereocenters. The fourth-order valence-corrected chi connectivity index (χ4v) is 1.57. The van der Waals surface area contributed by atoms with E-state index in [2.05, 4.69) is 24.0 Å². The molecule has 0 amide bonds. The highest BCUT2D eigenvalue weighted by molar-refractivity contribution is 7.71. The number of H-pyrrole nitrogens is 1. The average Bonchev–Trinajstić information content (AvgIpc) is 2.46. The molecular formula is C9H18N4OS. The zero-order valence-corrected chi connectivity index (χ0v) is 10.2. The molecule has 1 heterocycles. The molecule has 0 radical (unpaired) electrons. The summed E-state index contributed by atoms with van der Waals surface area (Å²) in [6.07, 6.45) is 0.954. The normalized spacial score (nSPS) is 11.9. The van der Waals surface area contributed by atoms with Gasteiger partial charge in [0.1, 0.15) is 0 Å². The van der Waals surface area contributed by atoms with E-state index in [1.807, 2.05) is 4.57 Å². The van der Waals surface area contributed by atoms with Crippen molar-refractivity contribution in [1.29, 1.82) is 0 Å². The van der Waals surface area contributed by atoms with E-state index in [-0.39, 0.29) is 5.41 Å². The molecule has 1 aromatic rings. The molecule has 0 saturated heterocycles. The first-order chi connectivity index (χ1) is 6.96. The number of nitrogens with one attached hydrogen (secondary N) is 1. The summed E-state index contributed by atoms with van der Waals surface area (Å²) < 4.78 is 7.45. The quantitative estimate of drug-likeness (QED) is 0.754. The number of ether oxygens (including phenoxy) is 1. The highest BCUT2D eigenvalue weighted by Gasteiger charge is 2.20. The Kier molecular flexibility index (Phi) is 3.87. The van der Waals surface area contributed by atoms with E-state index in [1.54, 1.807) is 7.11 Å². The number of aromatic nitrogens is 3. The van der Waals surface area contributed by atoms with Gasteiger partial charge in [-0.25, -0.2) is 5.10 Å². The molecule has 0 unspecified atom stereocenters. The Hall–Kier alpha value is -0.880. The Balaban J connectivity index is 2.72. The van der Waals surface area contributed by atoms with E-state index < -0.39 is 0 Å². The first-order valence-electron chi connectivity index (χ1n) is 4.86. The van der Waals surface area contributed by atoms with E-state index in [1.165, 1.54) is 0 Å². The molecular weight excluding hydrogens is 212 g/mol. The SMILES string of the molecule is COCCC(C)(C)Cn1c(N)n[nH]c1=S. The van der Waals surface area contributed by atoms with Gasteiger partial charge in [-0.2, -0.15) is 0 Å². The molecule has 0 spiro atoms. The second-order valence-corrected chi connectivity index (χ2v) is 4.77. The van der Waals surface area contributed by atoms with Crippen molar-refractivity contribution in [1.82, 2.24) is 14.8 Å². The number of hydrogen-bond acceptors (Lipinski definition) is 4. The van der Waals surface area contributed by atoms with Crippen LogP contribution in [0.1, 0.15) is 20.3 Å². The second-order valence-electron chi connectivity index (χ2n) is 4.38. The summed E-state index contributed by atoms with van der Waals surface area (Å²) in [5.41, 5.74) is 5.79. The molecule has 0 aromatic carbocycles. The van der Waals surface area contributed by atoms with Crippen LogP contribution in [-0.4, -0.2) is 28.5 Å². The molecule has 0 fully saturated rings. The van der Waals surface area contributed by atoms with E-state index in [0.717, 1.165) is 19.6 Å². The smallest absolute Gasteiger partial charge is 0.220 e. The molecule has 1 rings (SSSR count). The fourth-order valence-electron chi connectivity index (χ4n) is 1.37. The van der Waals surface area contributed by atoms with Gasteiger partial charge in [-0.3, -0.25) is 4.57 Å². The number of aromatic amines is 1. The molecule has 6 heteroatoms. The van der Waals surface area contributed by atoms with Gasteiger partial charge in [0.05, 0.1) is 0 Å². The summed E-state index contributed by atoms with van der Waals surface area (Å²) in [7, 11) is 1.70. The van der Waals surface area contributed by atoms with Crippen molar-refractivity contribution in [3.8, 4) is 0 Å². The summed E-state index contributed by atoms with van der Waals surface area (Å²) in [5, 5.41) is 6.55. The Morgan fingerprint density at radius 3 is 2.73 bits per heavy atom. The van der Waals surface area contributed by atoms with Crippen LogP contribution in [0, 0.1) is 10.2 Å². The molecule has 0 aliphatic heterocycles. The number of anilines is 1. The van der Waals surface area contributed by atoms with E-state index >= 15 is 0 Å². The third-order valence-corrected chi connectivity index (χ3v) is 2.67. The van der Waals surface area contributed by atoms with Gasteiger partial charge in [0.2, 0.25) is 5.95 Å². The van der Waals surface area contributed by atoms with Crippen LogP contribution in [0.5, 0.6) is 0 Å². The molecule has 15 heavy (non-hydrogen) atoms. The van der Waals surface area contributed by atoms with Gasteiger partial charge >= 0.3 is 0 Å². The lowest BCUT2D eigenvalue weighted by atomic mass is 9.89. The van der Waals surface area contributed by atoms with E-state index in [0.29, 0.717) is 10.7 Å². The van der Waals surface area contributed by atoms with Gasteiger partial charge in [-0.05, 0) is 24.1 Å². The predicted molar refractivity (Wildman–Crippen MR) is 62.1 cm³/mol. The Bertz CT molecular complexity index is 368. The van der Waals surface area contributed by atoms with Crippen molar-refractivity contribution in [2.24, 2.45) is 5.41 Å². The third kappa shape index (κ3) is 3.32. The summed E-state index contributed by atoms with van der Waals surface area (Å²) in [4.78, 5) is 0. The maximum Gasteiger partial charge on any atom is 0.220 e. The van der Waals surface area contributed by atoms with Crippen molar-refractivity contribution in [3.05, 3.63) is 4.77 Å². The number of nitrogens with zero attached hydrogens (tertiary/aromatic N) is 2. The highest BCUT2D eigenvalue weighted by atomic mass is 32.1. The van der Waals surface area contributed by atoms with Crippen molar-refractivity contribution in [2.75, 3.05) is 19.5 Å². The van der Waals surface area contributed by atoms with Crippen molar-refractivity contribution in [2.45, 2.75) is 26.8 Å². The topological polar surface area (TPSA) is 68.9 Å². The van der Waals surface area contributed by atoms with Crippen molar-refractivity contribution < 1.29 is 4.74 Å². The summed E-state index contributed by atoms with van der Waals surface area (Å²) in [5.74, 6) is 0.436. The zero-order chi connectivity index (χ0) is 11.5. The summed E-state index contributed by atoms with van der Waals surface area (Å²) in [6, 6.07) is 0. The molecule has 86 valence electrons. The lowest BCUT2D eigenvalue weighted by Crippen LogP contribution is -2.22. The minimum absolute atomic E-state index is 0.0895. The Morgan fingerprint density at radius 1 is 1.60 bits per heavy atom. The minimum atomic E-state index is 0.0895. The molecule has 0 bridgehead atoms. The molecule has 0 aliphatic carbocycles. The lowest BCUT2D eigenvalue weighted by Gasteiger charge is -2.24. The lowest BCUT2D eigenvalue weighted by molar-refractivity contribution is 0.142. The van der Waals surface area contributed by atoms with Crippen molar-refractivity contribution >= 4 is 18.2 Å². The van der Waals surface area contributed by atoms with Crippen LogP contribution >= 0.6 is 12.2 Å². The van der Waals surface area contributed by atoms with Gasteiger partial charge in [-0.1, -0.05) is 13.8 Å². The average molecular weight is 230 g/mol. The van der Waals surface area contributed by atoms with Gasteiger partial charge < -0.3 is 10.5 Å². The monoisotopic (exact) mass is 230 g/mol. The fraction of sp³-hybridized carbons (Fsp3) is 0.778. The Morgan fingerprint density at radius 2 is 2.27 bits per heavy atom. The van der Waals surface area contributed by atoms with E-state index in [4.69, 9.17) is 22.7 Å². The number of nitrogen functional groups attached to an aromatic ring is 1. The van der Waals surface area contributed by atoms with Crippen LogP contribution in [0.4, 0.5) is 5.95 Å². The zero-order valence-electron chi connectivity index (χ0n) is 9.41. The van der Waals surface area contributed by atoms with Gasteiger partial charge in [0, 0.05) is 20.3 Å².